The van der Waals surface area contributed by atoms with Crippen molar-refractivity contribution in [3.8, 4) is 0 Å². The largest absolute Gasteiger partial charge is 0.419 e. The molecule has 20 heavy (non-hydrogen) atoms. The van der Waals surface area contributed by atoms with Crippen molar-refractivity contribution in [1.82, 2.24) is 0 Å². The van der Waals surface area contributed by atoms with Gasteiger partial charge in [0.2, 0.25) is 0 Å². The van der Waals surface area contributed by atoms with Crippen molar-refractivity contribution in [2.24, 2.45) is 5.92 Å². The number of benzene rings is 1. The third-order valence-corrected chi connectivity index (χ3v) is 3.12. The lowest BCUT2D eigenvalue weighted by molar-refractivity contribution is -0.138. The molecule has 1 fully saturated rings. The van der Waals surface area contributed by atoms with Crippen LogP contribution in [-0.2, 0) is 15.7 Å². The summed E-state index contributed by atoms with van der Waals surface area (Å²) >= 11 is 3.01. The minimum atomic E-state index is -4.62. The summed E-state index contributed by atoms with van der Waals surface area (Å²) in [4.78, 5) is 22.6. The van der Waals surface area contributed by atoms with Crippen molar-refractivity contribution in [2.75, 3.05) is 5.32 Å². The number of hydrogen-bond acceptors (Lipinski definition) is 3. The molecule has 0 aromatic heterocycles. The first-order chi connectivity index (χ1) is 9.27. The number of carbonyl (C=O) groups is 2. The molecule has 2 rings (SSSR count). The average molecular weight is 352 g/mol. The summed E-state index contributed by atoms with van der Waals surface area (Å²) in [6.45, 7) is 0. The zero-order valence-electron chi connectivity index (χ0n) is 9.96. The summed E-state index contributed by atoms with van der Waals surface area (Å²) in [5.41, 5.74) is -1.49. The number of alkyl halides is 3. The molecule has 0 aliphatic heterocycles. The van der Waals surface area contributed by atoms with E-state index in [4.69, 9.17) is 0 Å². The van der Waals surface area contributed by atoms with Crippen molar-refractivity contribution in [2.45, 2.75) is 19.0 Å². The smallest absolute Gasteiger partial charge is 0.376 e. The maximum Gasteiger partial charge on any atom is 0.419 e. The van der Waals surface area contributed by atoms with Gasteiger partial charge in [0.15, 0.2) is 0 Å². The normalized spacial score (nSPS) is 14.8. The van der Waals surface area contributed by atoms with E-state index in [1.807, 2.05) is 5.32 Å². The number of halogens is 4. The van der Waals surface area contributed by atoms with E-state index < -0.39 is 29.5 Å². The van der Waals surface area contributed by atoms with Gasteiger partial charge in [-0.2, -0.15) is 13.2 Å². The van der Waals surface area contributed by atoms with Crippen LogP contribution in [0.1, 0.15) is 18.4 Å². The third-order valence-electron chi connectivity index (χ3n) is 2.63. The second-order valence-corrected chi connectivity index (χ2v) is 5.21. The van der Waals surface area contributed by atoms with Gasteiger partial charge in [-0.15, -0.1) is 0 Å². The molecule has 0 radical (unpaired) electrons. The first-order valence-corrected chi connectivity index (χ1v) is 6.46. The molecule has 1 N–H and O–H groups in total. The van der Waals surface area contributed by atoms with E-state index in [9.17, 15) is 22.8 Å². The lowest BCUT2D eigenvalue weighted by Crippen LogP contribution is -2.21. The fraction of sp³-hybridized carbons (Fsp3) is 0.333. The molecule has 8 heteroatoms. The van der Waals surface area contributed by atoms with Gasteiger partial charge >= 0.3 is 18.2 Å². The first kappa shape index (κ1) is 14.8. The van der Waals surface area contributed by atoms with E-state index in [1.54, 1.807) is 0 Å². The van der Waals surface area contributed by atoms with Crippen LogP contribution in [0.3, 0.4) is 0 Å². The number of esters is 1. The predicted molar refractivity (Wildman–Crippen MR) is 67.0 cm³/mol. The molecule has 0 atom stereocenters. The van der Waals surface area contributed by atoms with Gasteiger partial charge in [0.25, 0.3) is 0 Å². The van der Waals surface area contributed by atoms with E-state index in [2.05, 4.69) is 20.7 Å². The van der Waals surface area contributed by atoms with Crippen LogP contribution in [-0.4, -0.2) is 12.1 Å². The maximum absolute atomic E-state index is 12.8. The first-order valence-electron chi connectivity index (χ1n) is 5.67. The average Bonchev–Trinajstić information content (AvgIpc) is 3.10. The monoisotopic (exact) mass is 351 g/mol. The Hall–Kier alpha value is -1.57. The van der Waals surface area contributed by atoms with E-state index in [0.717, 1.165) is 12.1 Å². The van der Waals surface area contributed by atoms with Crippen molar-refractivity contribution in [3.05, 3.63) is 28.2 Å². The molecular weight excluding hydrogens is 343 g/mol. The summed E-state index contributed by atoms with van der Waals surface area (Å²) in [7, 11) is 0. The van der Waals surface area contributed by atoms with Crippen LogP contribution in [0.15, 0.2) is 22.7 Å². The number of carbonyl (C=O) groups excluding carboxylic acids is 2. The lowest BCUT2D eigenvalue weighted by atomic mass is 10.1. The van der Waals surface area contributed by atoms with Gasteiger partial charge < -0.3 is 4.74 Å². The number of amides is 1. The Kier molecular flexibility index (Phi) is 4.03. The summed E-state index contributed by atoms with van der Waals surface area (Å²) in [5, 5.41) is 1.94. The quantitative estimate of drug-likeness (QED) is 0.648. The highest BCUT2D eigenvalue weighted by Crippen LogP contribution is 2.36. The molecule has 0 saturated heterocycles. The minimum Gasteiger partial charge on any atom is -0.376 e. The van der Waals surface area contributed by atoms with Crippen LogP contribution in [0.2, 0.25) is 0 Å². The third kappa shape index (κ3) is 3.72. The summed E-state index contributed by atoms with van der Waals surface area (Å²) in [6.07, 6.45) is -4.57. The Labute approximate surface area is 120 Å². The second-order valence-electron chi connectivity index (χ2n) is 4.30. The highest BCUT2D eigenvalue weighted by atomic mass is 79.9. The fourth-order valence-electron chi connectivity index (χ4n) is 1.50. The molecular formula is C12H9BrF3NO3. The molecule has 0 heterocycles. The number of nitrogens with one attached hydrogen (secondary N) is 1. The number of ether oxygens (including phenoxy) is 1. The van der Waals surface area contributed by atoms with Crippen molar-refractivity contribution < 1.29 is 27.5 Å². The predicted octanol–water partition coefficient (Wildman–Crippen LogP) is 3.95. The molecule has 108 valence electrons. The molecule has 4 nitrogen and oxygen atoms in total. The SMILES string of the molecule is O=C(Nc1cc(Br)ccc1C(F)(F)F)OC(=O)C1CC1. The maximum atomic E-state index is 12.8. The summed E-state index contributed by atoms with van der Waals surface area (Å²) in [6, 6.07) is 3.11. The van der Waals surface area contributed by atoms with Gasteiger partial charge in [0.05, 0.1) is 17.2 Å². The van der Waals surface area contributed by atoms with E-state index in [1.165, 1.54) is 6.07 Å². The molecule has 1 saturated carbocycles. The molecule has 1 aromatic carbocycles. The van der Waals surface area contributed by atoms with E-state index in [-0.39, 0.29) is 5.92 Å². The Morgan fingerprint density at radius 2 is 1.95 bits per heavy atom. The number of rotatable bonds is 2. The molecule has 1 amide bonds. The second kappa shape index (κ2) is 5.43. The molecule has 0 spiro atoms. The zero-order valence-corrected chi connectivity index (χ0v) is 11.5. The van der Waals surface area contributed by atoms with Gasteiger partial charge in [-0.25, -0.2) is 4.79 Å². The molecule has 1 aromatic rings. The molecule has 1 aliphatic rings. The van der Waals surface area contributed by atoms with Crippen molar-refractivity contribution in [1.29, 1.82) is 0 Å². The Balaban J connectivity index is 2.13. The lowest BCUT2D eigenvalue weighted by Gasteiger charge is -2.13. The molecule has 1 aliphatic carbocycles. The van der Waals surface area contributed by atoms with E-state index in [0.29, 0.717) is 17.3 Å². The Morgan fingerprint density at radius 1 is 1.30 bits per heavy atom. The van der Waals surface area contributed by atoms with Crippen LogP contribution in [0.5, 0.6) is 0 Å². The summed E-state index contributed by atoms with van der Waals surface area (Å²) < 4.78 is 43.0. The zero-order chi connectivity index (χ0) is 14.9. The van der Waals surface area contributed by atoms with Gasteiger partial charge in [-0.1, -0.05) is 15.9 Å². The minimum absolute atomic E-state index is 0.314. The van der Waals surface area contributed by atoms with Crippen molar-refractivity contribution >= 4 is 33.7 Å². The Bertz CT molecular complexity index is 555. The standard InChI is InChI=1S/C12H9BrF3NO3/c13-7-3-4-8(12(14,15)16)9(5-7)17-11(19)20-10(18)6-1-2-6/h3-6H,1-2H2,(H,17,19). The topological polar surface area (TPSA) is 55.4 Å². The van der Waals surface area contributed by atoms with Crippen LogP contribution < -0.4 is 5.32 Å². The van der Waals surface area contributed by atoms with Crippen LogP contribution in [0.25, 0.3) is 0 Å². The fourth-order valence-corrected chi connectivity index (χ4v) is 1.86. The van der Waals surface area contributed by atoms with Gasteiger partial charge in [-0.3, -0.25) is 10.1 Å². The van der Waals surface area contributed by atoms with Crippen molar-refractivity contribution in [3.63, 3.8) is 0 Å². The van der Waals surface area contributed by atoms with Gasteiger partial charge in [0, 0.05) is 4.47 Å². The van der Waals surface area contributed by atoms with E-state index >= 15 is 0 Å². The highest BCUT2D eigenvalue weighted by Gasteiger charge is 2.35. The van der Waals surface area contributed by atoms with Crippen LogP contribution in [0.4, 0.5) is 23.7 Å². The van der Waals surface area contributed by atoms with Gasteiger partial charge in [-0.05, 0) is 31.0 Å². The number of anilines is 1. The van der Waals surface area contributed by atoms with Crippen LogP contribution in [0, 0.1) is 5.92 Å². The summed E-state index contributed by atoms with van der Waals surface area (Å²) in [5.74, 6) is -1.03. The molecule has 0 unspecified atom stereocenters. The van der Waals surface area contributed by atoms with Gasteiger partial charge in [0.1, 0.15) is 0 Å². The highest BCUT2D eigenvalue weighted by molar-refractivity contribution is 9.10. The van der Waals surface area contributed by atoms with Crippen LogP contribution >= 0.6 is 15.9 Å². The Morgan fingerprint density at radius 3 is 2.50 bits per heavy atom. The number of hydrogen-bond donors (Lipinski definition) is 1. The molecule has 0 bridgehead atoms.